The van der Waals surface area contributed by atoms with E-state index in [2.05, 4.69) is 11.1 Å². The Morgan fingerprint density at radius 2 is 2.04 bits per heavy atom. The lowest BCUT2D eigenvalue weighted by Crippen LogP contribution is -2.45. The number of benzene rings is 2. The summed E-state index contributed by atoms with van der Waals surface area (Å²) in [6.45, 7) is 4.35. The predicted molar refractivity (Wildman–Crippen MR) is 109 cm³/mol. The number of nitriles is 1. The van der Waals surface area contributed by atoms with Crippen LogP contribution < -0.4 is 9.64 Å². The van der Waals surface area contributed by atoms with Gasteiger partial charge in [-0.25, -0.2) is 4.98 Å². The zero-order valence-corrected chi connectivity index (χ0v) is 16.5. The third-order valence-electron chi connectivity index (χ3n) is 4.77. The molecular formula is C22H19N3O2S. The van der Waals surface area contributed by atoms with Crippen molar-refractivity contribution in [2.24, 2.45) is 0 Å². The molecule has 5 nitrogen and oxygen atoms in total. The molecule has 1 aliphatic rings. The highest BCUT2D eigenvalue weighted by Gasteiger charge is 2.33. The number of aromatic nitrogens is 1. The van der Waals surface area contributed by atoms with Gasteiger partial charge in [0.25, 0.3) is 5.91 Å². The molecule has 140 valence electrons. The highest BCUT2D eigenvalue weighted by atomic mass is 32.1. The molecule has 1 amide bonds. The molecule has 0 bridgehead atoms. The molecule has 1 atom stereocenters. The average Bonchev–Trinajstić information content (AvgIpc) is 3.16. The van der Waals surface area contributed by atoms with Gasteiger partial charge in [0.05, 0.1) is 34.6 Å². The maximum absolute atomic E-state index is 13.0. The number of nitrogens with zero attached hydrogens (tertiary/aromatic N) is 3. The van der Waals surface area contributed by atoms with Crippen LogP contribution in [0.2, 0.25) is 0 Å². The minimum absolute atomic E-state index is 0.0500. The molecular weight excluding hydrogens is 370 g/mol. The van der Waals surface area contributed by atoms with Crippen LogP contribution in [0.5, 0.6) is 5.75 Å². The topological polar surface area (TPSA) is 66.2 Å². The number of amides is 1. The van der Waals surface area contributed by atoms with E-state index in [0.717, 1.165) is 27.5 Å². The maximum Gasteiger partial charge on any atom is 0.268 e. The van der Waals surface area contributed by atoms with Crippen LogP contribution >= 0.6 is 11.3 Å². The highest BCUT2D eigenvalue weighted by Crippen LogP contribution is 2.39. The normalized spacial score (nSPS) is 15.7. The molecule has 0 spiro atoms. The van der Waals surface area contributed by atoms with Crippen molar-refractivity contribution in [1.29, 1.82) is 5.26 Å². The van der Waals surface area contributed by atoms with Crippen LogP contribution in [0.3, 0.4) is 0 Å². The summed E-state index contributed by atoms with van der Waals surface area (Å²) in [7, 11) is 0. The summed E-state index contributed by atoms with van der Waals surface area (Å²) in [4.78, 5) is 19.4. The van der Waals surface area contributed by atoms with E-state index >= 15 is 0 Å². The van der Waals surface area contributed by atoms with Crippen molar-refractivity contribution in [3.63, 3.8) is 0 Å². The van der Waals surface area contributed by atoms with Gasteiger partial charge in [-0.05, 0) is 49.2 Å². The summed E-state index contributed by atoms with van der Waals surface area (Å²) in [6.07, 6.45) is 0.119. The molecule has 1 aliphatic heterocycles. The second-order valence-corrected chi connectivity index (χ2v) is 7.74. The molecule has 0 saturated carbocycles. The maximum atomic E-state index is 13.0. The molecule has 0 fully saturated rings. The van der Waals surface area contributed by atoms with E-state index < -0.39 is 6.10 Å². The van der Waals surface area contributed by atoms with Crippen LogP contribution in [0.1, 0.15) is 29.5 Å². The minimum atomic E-state index is -0.488. The fourth-order valence-corrected chi connectivity index (χ4v) is 3.89. The quantitative estimate of drug-likeness (QED) is 0.649. The number of hydrogen-bond acceptors (Lipinski definition) is 5. The van der Waals surface area contributed by atoms with Crippen molar-refractivity contribution in [2.45, 2.75) is 32.9 Å². The lowest BCUT2D eigenvalue weighted by Gasteiger charge is -2.34. The van der Waals surface area contributed by atoms with Gasteiger partial charge in [0, 0.05) is 10.9 Å². The Morgan fingerprint density at radius 1 is 1.25 bits per heavy atom. The van der Waals surface area contributed by atoms with E-state index in [0.29, 0.717) is 24.3 Å². The molecule has 0 aliphatic carbocycles. The number of thiazole rings is 1. The standard InChI is InChI=1S/C22H19N3O2S/c1-3-20-22(26)25(12-16-6-4-15(11-23)5-7-16)19-10-17(8-9-21(19)27-20)18-13-28-14(2)24-18/h4-10,13,20H,3,12H2,1-2H3. The number of fused-ring (bicyclic) bond motifs is 1. The zero-order valence-electron chi connectivity index (χ0n) is 15.7. The van der Waals surface area contributed by atoms with Gasteiger partial charge >= 0.3 is 0 Å². The van der Waals surface area contributed by atoms with Gasteiger partial charge in [-0.3, -0.25) is 4.79 Å². The van der Waals surface area contributed by atoms with Crippen molar-refractivity contribution in [3.8, 4) is 23.1 Å². The molecule has 2 aromatic carbocycles. The van der Waals surface area contributed by atoms with Crippen molar-refractivity contribution in [3.05, 3.63) is 64.0 Å². The highest BCUT2D eigenvalue weighted by molar-refractivity contribution is 7.09. The second kappa shape index (κ2) is 7.45. The lowest BCUT2D eigenvalue weighted by molar-refractivity contribution is -0.126. The van der Waals surface area contributed by atoms with E-state index in [1.54, 1.807) is 28.4 Å². The van der Waals surface area contributed by atoms with Crippen molar-refractivity contribution >= 4 is 22.9 Å². The third-order valence-corrected chi connectivity index (χ3v) is 5.54. The Balaban J connectivity index is 1.73. The first-order valence-electron chi connectivity index (χ1n) is 9.12. The molecule has 28 heavy (non-hydrogen) atoms. The Labute approximate surface area is 167 Å². The Morgan fingerprint density at radius 3 is 2.68 bits per heavy atom. The Hall–Kier alpha value is -3.17. The van der Waals surface area contributed by atoms with Crippen LogP contribution in [0, 0.1) is 18.3 Å². The Bertz CT molecular complexity index is 1070. The molecule has 1 aromatic heterocycles. The summed E-state index contributed by atoms with van der Waals surface area (Å²) >= 11 is 1.60. The van der Waals surface area contributed by atoms with Crippen LogP contribution in [0.15, 0.2) is 47.8 Å². The number of aryl methyl sites for hydroxylation is 1. The van der Waals surface area contributed by atoms with Gasteiger partial charge in [0.1, 0.15) is 5.75 Å². The van der Waals surface area contributed by atoms with Crippen LogP contribution in [-0.2, 0) is 11.3 Å². The van der Waals surface area contributed by atoms with Gasteiger partial charge in [-0.1, -0.05) is 19.1 Å². The van der Waals surface area contributed by atoms with E-state index in [9.17, 15) is 4.79 Å². The van der Waals surface area contributed by atoms with Gasteiger partial charge in [-0.2, -0.15) is 5.26 Å². The van der Waals surface area contributed by atoms with E-state index in [4.69, 9.17) is 10.00 Å². The van der Waals surface area contributed by atoms with Gasteiger partial charge in [-0.15, -0.1) is 11.3 Å². The first-order chi connectivity index (χ1) is 13.6. The summed E-state index contributed by atoms with van der Waals surface area (Å²) < 4.78 is 5.94. The number of carbonyl (C=O) groups excluding carboxylic acids is 1. The molecule has 0 saturated heterocycles. The molecule has 0 radical (unpaired) electrons. The van der Waals surface area contributed by atoms with Crippen molar-refractivity contribution < 1.29 is 9.53 Å². The second-order valence-electron chi connectivity index (χ2n) is 6.68. The first-order valence-corrected chi connectivity index (χ1v) is 10.0. The Kier molecular flexibility index (Phi) is 4.84. The van der Waals surface area contributed by atoms with Gasteiger partial charge in [0.15, 0.2) is 6.10 Å². The van der Waals surface area contributed by atoms with E-state index in [1.807, 2.05) is 49.6 Å². The van der Waals surface area contributed by atoms with Crippen molar-refractivity contribution in [2.75, 3.05) is 4.90 Å². The summed E-state index contributed by atoms with van der Waals surface area (Å²) in [5.41, 5.74) is 4.17. The van der Waals surface area contributed by atoms with Crippen molar-refractivity contribution in [1.82, 2.24) is 4.98 Å². The van der Waals surface area contributed by atoms with Crippen LogP contribution in [0.4, 0.5) is 5.69 Å². The van der Waals surface area contributed by atoms with Gasteiger partial charge in [0.2, 0.25) is 0 Å². The lowest BCUT2D eigenvalue weighted by atomic mass is 10.1. The molecule has 0 N–H and O–H groups in total. The summed E-state index contributed by atoms with van der Waals surface area (Å²) in [5.74, 6) is 0.654. The smallest absolute Gasteiger partial charge is 0.268 e. The largest absolute Gasteiger partial charge is 0.478 e. The molecule has 4 rings (SSSR count). The fourth-order valence-electron chi connectivity index (χ4n) is 3.27. The number of anilines is 1. The summed E-state index contributed by atoms with van der Waals surface area (Å²) in [5, 5.41) is 12.0. The number of hydrogen-bond donors (Lipinski definition) is 0. The number of rotatable bonds is 4. The fraction of sp³-hybridized carbons (Fsp3) is 0.227. The average molecular weight is 389 g/mol. The molecule has 2 heterocycles. The SMILES string of the molecule is CCC1Oc2ccc(-c3csc(C)n3)cc2N(Cc2ccc(C#N)cc2)C1=O. The van der Waals surface area contributed by atoms with Gasteiger partial charge < -0.3 is 9.64 Å². The molecule has 6 heteroatoms. The molecule has 1 unspecified atom stereocenters. The van der Waals surface area contributed by atoms with E-state index in [1.165, 1.54) is 0 Å². The molecule has 3 aromatic rings. The first kappa shape index (κ1) is 18.2. The van der Waals surface area contributed by atoms with E-state index in [-0.39, 0.29) is 5.91 Å². The zero-order chi connectivity index (χ0) is 19.7. The third kappa shape index (κ3) is 3.37. The number of ether oxygens (including phenoxy) is 1. The van der Waals surface area contributed by atoms with Crippen LogP contribution in [0.25, 0.3) is 11.3 Å². The summed E-state index contributed by atoms with van der Waals surface area (Å²) in [6, 6.07) is 15.3. The minimum Gasteiger partial charge on any atom is -0.478 e. The van der Waals surface area contributed by atoms with Crippen LogP contribution in [-0.4, -0.2) is 17.0 Å². The number of carbonyl (C=O) groups is 1. The predicted octanol–water partition coefficient (Wildman–Crippen LogP) is 4.69. The monoisotopic (exact) mass is 389 g/mol.